The van der Waals surface area contributed by atoms with Crippen LogP contribution in [0.2, 0.25) is 0 Å². The van der Waals surface area contributed by atoms with Gasteiger partial charge < -0.3 is 15.4 Å². The number of nitrogens with two attached hydrogens (primary N) is 1. The molecule has 2 heterocycles. The molecule has 2 N–H and O–H groups in total. The average molecular weight is 236 g/mol. The molecule has 0 radical (unpaired) electrons. The quantitative estimate of drug-likeness (QED) is 0.831. The fourth-order valence-electron chi connectivity index (χ4n) is 2.14. The summed E-state index contributed by atoms with van der Waals surface area (Å²) in [6.45, 7) is 6.15. The van der Waals surface area contributed by atoms with Crippen LogP contribution in [0.3, 0.4) is 0 Å². The van der Waals surface area contributed by atoms with E-state index in [1.807, 2.05) is 0 Å². The molecule has 0 amide bonds. The molecule has 94 valence electrons. The van der Waals surface area contributed by atoms with Gasteiger partial charge in [-0.1, -0.05) is 13.8 Å². The van der Waals surface area contributed by atoms with E-state index >= 15 is 0 Å². The van der Waals surface area contributed by atoms with Crippen LogP contribution in [0.5, 0.6) is 5.88 Å². The molecule has 1 aliphatic rings. The highest BCUT2D eigenvalue weighted by Crippen LogP contribution is 2.29. The van der Waals surface area contributed by atoms with E-state index in [-0.39, 0.29) is 11.5 Å². The zero-order valence-electron chi connectivity index (χ0n) is 10.7. The summed E-state index contributed by atoms with van der Waals surface area (Å²) in [6, 6.07) is 1.99. The van der Waals surface area contributed by atoms with Gasteiger partial charge >= 0.3 is 0 Å². The highest BCUT2D eigenvalue weighted by Gasteiger charge is 2.34. The van der Waals surface area contributed by atoms with Gasteiger partial charge in [-0.2, -0.15) is 4.98 Å². The van der Waals surface area contributed by atoms with Crippen molar-refractivity contribution in [3.8, 4) is 5.88 Å². The maximum atomic E-state index is 6.12. The van der Waals surface area contributed by atoms with Crippen molar-refractivity contribution in [2.24, 2.45) is 11.1 Å². The molecular weight excluding hydrogens is 216 g/mol. The topological polar surface area (TPSA) is 64.3 Å². The first kappa shape index (κ1) is 12.1. The Morgan fingerprint density at radius 3 is 2.94 bits per heavy atom. The van der Waals surface area contributed by atoms with Gasteiger partial charge in [0.2, 0.25) is 11.8 Å². The first-order valence-electron chi connectivity index (χ1n) is 5.90. The number of hydrogen-bond acceptors (Lipinski definition) is 5. The predicted octanol–water partition coefficient (Wildman–Crippen LogP) is 1.05. The van der Waals surface area contributed by atoms with Crippen LogP contribution in [0.1, 0.15) is 20.3 Å². The van der Waals surface area contributed by atoms with Gasteiger partial charge in [-0.25, -0.2) is 4.98 Å². The summed E-state index contributed by atoms with van der Waals surface area (Å²) in [5.41, 5.74) is 6.20. The van der Waals surface area contributed by atoms with E-state index < -0.39 is 0 Å². The normalized spacial score (nSPS) is 23.5. The minimum atomic E-state index is 0.0880. The maximum absolute atomic E-state index is 6.12. The lowest BCUT2D eigenvalue weighted by molar-refractivity contribution is 0.243. The predicted molar refractivity (Wildman–Crippen MR) is 67.2 cm³/mol. The fraction of sp³-hybridized carbons (Fsp3) is 0.667. The molecule has 1 aromatic heterocycles. The standard InChI is InChI=1S/C12H20N4O/c1-12(2)8-16(7-5-9(12)13)11-14-6-4-10(15-11)17-3/h4,6,9H,5,7-8,13H2,1-3H3. The van der Waals surface area contributed by atoms with E-state index in [1.54, 1.807) is 19.4 Å². The summed E-state index contributed by atoms with van der Waals surface area (Å²) in [7, 11) is 1.61. The van der Waals surface area contributed by atoms with Crippen LogP contribution in [-0.2, 0) is 0 Å². The Bertz CT molecular complexity index is 394. The van der Waals surface area contributed by atoms with Gasteiger partial charge in [-0.05, 0) is 11.8 Å². The second-order valence-corrected chi connectivity index (χ2v) is 5.20. The maximum Gasteiger partial charge on any atom is 0.228 e. The zero-order valence-corrected chi connectivity index (χ0v) is 10.7. The lowest BCUT2D eigenvalue weighted by Gasteiger charge is -2.42. The van der Waals surface area contributed by atoms with Gasteiger partial charge in [0.05, 0.1) is 7.11 Å². The summed E-state index contributed by atoms with van der Waals surface area (Å²) < 4.78 is 5.12. The number of anilines is 1. The van der Waals surface area contributed by atoms with E-state index in [0.717, 1.165) is 25.5 Å². The van der Waals surface area contributed by atoms with E-state index in [2.05, 4.69) is 28.7 Å². The molecule has 1 aromatic rings. The van der Waals surface area contributed by atoms with E-state index in [4.69, 9.17) is 10.5 Å². The van der Waals surface area contributed by atoms with Crippen LogP contribution in [-0.4, -0.2) is 36.2 Å². The first-order chi connectivity index (χ1) is 8.03. The minimum Gasteiger partial charge on any atom is -0.481 e. The van der Waals surface area contributed by atoms with Crippen LogP contribution in [0.4, 0.5) is 5.95 Å². The SMILES string of the molecule is COc1ccnc(N2CCC(N)C(C)(C)C2)n1. The van der Waals surface area contributed by atoms with Crippen LogP contribution in [0.25, 0.3) is 0 Å². The lowest BCUT2D eigenvalue weighted by atomic mass is 9.80. The molecule has 0 saturated carbocycles. The second-order valence-electron chi connectivity index (χ2n) is 5.20. The number of ether oxygens (including phenoxy) is 1. The molecule has 0 spiro atoms. The van der Waals surface area contributed by atoms with Gasteiger partial charge in [0.15, 0.2) is 0 Å². The van der Waals surface area contributed by atoms with Crippen LogP contribution in [0, 0.1) is 5.41 Å². The highest BCUT2D eigenvalue weighted by molar-refractivity contribution is 5.33. The Morgan fingerprint density at radius 1 is 1.53 bits per heavy atom. The van der Waals surface area contributed by atoms with Crippen molar-refractivity contribution < 1.29 is 4.74 Å². The van der Waals surface area contributed by atoms with Gasteiger partial charge in [-0.15, -0.1) is 0 Å². The summed E-state index contributed by atoms with van der Waals surface area (Å²) >= 11 is 0. The van der Waals surface area contributed by atoms with Crippen LogP contribution in [0.15, 0.2) is 12.3 Å². The van der Waals surface area contributed by atoms with Gasteiger partial charge in [-0.3, -0.25) is 0 Å². The zero-order chi connectivity index (χ0) is 12.5. The Labute approximate surface area is 102 Å². The second kappa shape index (κ2) is 4.49. The number of piperidine rings is 1. The third-order valence-electron chi connectivity index (χ3n) is 3.42. The largest absolute Gasteiger partial charge is 0.481 e. The molecule has 1 saturated heterocycles. The molecule has 1 aliphatic heterocycles. The van der Waals surface area contributed by atoms with Crippen molar-refractivity contribution >= 4 is 5.95 Å². The molecular formula is C12H20N4O. The monoisotopic (exact) mass is 236 g/mol. The van der Waals surface area contributed by atoms with Crippen LogP contribution >= 0.6 is 0 Å². The van der Waals surface area contributed by atoms with Crippen molar-refractivity contribution in [2.75, 3.05) is 25.1 Å². The third kappa shape index (κ3) is 2.49. The van der Waals surface area contributed by atoms with Crippen molar-refractivity contribution in [3.63, 3.8) is 0 Å². The molecule has 1 unspecified atom stereocenters. The smallest absolute Gasteiger partial charge is 0.228 e. The first-order valence-corrected chi connectivity index (χ1v) is 5.90. The Morgan fingerprint density at radius 2 is 2.29 bits per heavy atom. The molecule has 1 atom stereocenters. The Hall–Kier alpha value is -1.36. The summed E-state index contributed by atoms with van der Waals surface area (Å²) in [5, 5.41) is 0. The number of hydrogen-bond donors (Lipinski definition) is 1. The molecule has 0 bridgehead atoms. The lowest BCUT2D eigenvalue weighted by Crippen LogP contribution is -2.52. The van der Waals surface area contributed by atoms with Crippen molar-refractivity contribution in [2.45, 2.75) is 26.3 Å². The summed E-state index contributed by atoms with van der Waals surface area (Å²) in [4.78, 5) is 10.8. The van der Waals surface area contributed by atoms with Crippen molar-refractivity contribution in [1.82, 2.24) is 9.97 Å². The number of aromatic nitrogens is 2. The van der Waals surface area contributed by atoms with E-state index in [9.17, 15) is 0 Å². The number of rotatable bonds is 2. The number of methoxy groups -OCH3 is 1. The molecule has 1 fully saturated rings. The third-order valence-corrected chi connectivity index (χ3v) is 3.42. The highest BCUT2D eigenvalue weighted by atomic mass is 16.5. The van der Waals surface area contributed by atoms with Crippen molar-refractivity contribution in [3.05, 3.63) is 12.3 Å². The fourth-order valence-corrected chi connectivity index (χ4v) is 2.14. The van der Waals surface area contributed by atoms with E-state index in [1.165, 1.54) is 0 Å². The Kier molecular flexibility index (Phi) is 3.19. The van der Waals surface area contributed by atoms with Gasteiger partial charge in [0, 0.05) is 31.4 Å². The van der Waals surface area contributed by atoms with Crippen molar-refractivity contribution in [1.29, 1.82) is 0 Å². The molecule has 2 rings (SSSR count). The molecule has 0 aliphatic carbocycles. The molecule has 5 nitrogen and oxygen atoms in total. The molecule has 0 aromatic carbocycles. The molecule has 17 heavy (non-hydrogen) atoms. The minimum absolute atomic E-state index is 0.0880. The van der Waals surface area contributed by atoms with Crippen LogP contribution < -0.4 is 15.4 Å². The van der Waals surface area contributed by atoms with Gasteiger partial charge in [0.1, 0.15) is 0 Å². The van der Waals surface area contributed by atoms with E-state index in [0.29, 0.717) is 5.88 Å². The molecule has 5 heteroatoms. The summed E-state index contributed by atoms with van der Waals surface area (Å²) in [6.07, 6.45) is 2.69. The Balaban J connectivity index is 2.17. The average Bonchev–Trinajstić information content (AvgIpc) is 2.32. The summed E-state index contributed by atoms with van der Waals surface area (Å²) in [5.74, 6) is 1.33. The van der Waals surface area contributed by atoms with Gasteiger partial charge in [0.25, 0.3) is 0 Å². The number of nitrogens with zero attached hydrogens (tertiary/aromatic N) is 3.